The maximum absolute atomic E-state index is 13.7. The molecule has 2 atom stereocenters. The number of amidine groups is 1. The van der Waals surface area contributed by atoms with E-state index >= 15 is 0 Å². The zero-order chi connectivity index (χ0) is 29.8. The molecule has 0 saturated heterocycles. The van der Waals surface area contributed by atoms with Crippen LogP contribution in [0.25, 0.3) is 0 Å². The maximum atomic E-state index is 13.7. The summed E-state index contributed by atoms with van der Waals surface area (Å²) in [5, 5.41) is 18.3. The molecule has 2 aromatic rings. The Balaban J connectivity index is 2.26. The van der Waals surface area contributed by atoms with Gasteiger partial charge in [-0.05, 0) is 55.8 Å². The van der Waals surface area contributed by atoms with Gasteiger partial charge in [0.25, 0.3) is 0 Å². The number of esters is 2. The number of carbonyl (C=O) groups excluding carboxylic acids is 2. The number of nitrogens with one attached hydrogen (secondary N) is 1. The third-order valence-corrected chi connectivity index (χ3v) is 8.29. The van der Waals surface area contributed by atoms with E-state index < -0.39 is 43.6 Å². The van der Waals surface area contributed by atoms with E-state index in [4.69, 9.17) is 14.9 Å². The summed E-state index contributed by atoms with van der Waals surface area (Å²) in [5.74, 6) is -4.28. The van der Waals surface area contributed by atoms with Gasteiger partial charge in [0.15, 0.2) is 0 Å². The van der Waals surface area contributed by atoms with E-state index in [9.17, 15) is 28.0 Å². The van der Waals surface area contributed by atoms with Gasteiger partial charge in [-0.3, -0.25) is 10.2 Å². The lowest BCUT2D eigenvalue weighted by Crippen LogP contribution is -2.48. The van der Waals surface area contributed by atoms with Crippen molar-refractivity contribution in [3.63, 3.8) is 0 Å². The van der Waals surface area contributed by atoms with E-state index in [0.29, 0.717) is 17.2 Å². The first-order chi connectivity index (χ1) is 18.7. The Morgan fingerprint density at radius 3 is 2.30 bits per heavy atom. The SMILES string of the molecule is CCOC(=O)C1C(=N)N(c2cccc(C(F)(F)F)c2)C(C)=C(C(=O)OCC[Si](C)(C)C)C1c1ccc(C#N)cc1. The predicted octanol–water partition coefficient (Wildman–Crippen LogP) is 6.49. The van der Waals surface area contributed by atoms with Crippen LogP contribution in [0.5, 0.6) is 0 Å². The Bertz CT molecular complexity index is 1360. The molecule has 1 heterocycles. The number of halogens is 3. The van der Waals surface area contributed by atoms with Gasteiger partial charge in [0.2, 0.25) is 0 Å². The van der Waals surface area contributed by atoms with Crippen LogP contribution in [0.2, 0.25) is 25.7 Å². The van der Waals surface area contributed by atoms with Crippen molar-refractivity contribution in [3.8, 4) is 6.07 Å². The van der Waals surface area contributed by atoms with Crippen molar-refractivity contribution in [2.45, 2.75) is 51.6 Å². The summed E-state index contributed by atoms with van der Waals surface area (Å²) in [5.41, 5.74) is 0.0444. The first-order valence-corrected chi connectivity index (χ1v) is 16.5. The summed E-state index contributed by atoms with van der Waals surface area (Å²) < 4.78 is 51.7. The lowest BCUT2D eigenvalue weighted by atomic mass is 9.75. The molecule has 0 spiro atoms. The standard InChI is InChI=1S/C29H32F3N3O4Si/c1-6-38-28(37)25-24(20-12-10-19(17-33)11-13-20)23(27(36)39-14-15-40(3,4)5)18(2)35(26(25)34)22-9-7-8-21(16-22)29(30,31)32/h7-13,16,24-25,34H,6,14-15H2,1-5H3. The van der Waals surface area contributed by atoms with Gasteiger partial charge in [0.05, 0.1) is 36.0 Å². The Morgan fingerprint density at radius 2 is 1.75 bits per heavy atom. The van der Waals surface area contributed by atoms with Gasteiger partial charge in [-0.1, -0.05) is 37.8 Å². The minimum absolute atomic E-state index is 0.00898. The molecular formula is C29H32F3N3O4Si. The van der Waals surface area contributed by atoms with Crippen LogP contribution in [0.3, 0.4) is 0 Å². The van der Waals surface area contributed by atoms with E-state index in [0.717, 1.165) is 12.1 Å². The Kier molecular flexibility index (Phi) is 9.25. The smallest absolute Gasteiger partial charge is 0.416 e. The third kappa shape index (κ3) is 6.80. The normalized spacial score (nSPS) is 17.9. The molecule has 40 heavy (non-hydrogen) atoms. The molecule has 212 valence electrons. The highest BCUT2D eigenvalue weighted by Crippen LogP contribution is 2.44. The van der Waals surface area contributed by atoms with E-state index in [2.05, 4.69) is 19.6 Å². The molecule has 0 amide bonds. The molecule has 1 aliphatic rings. The highest BCUT2D eigenvalue weighted by Gasteiger charge is 2.47. The molecule has 7 nitrogen and oxygen atoms in total. The minimum Gasteiger partial charge on any atom is -0.465 e. The molecule has 2 unspecified atom stereocenters. The van der Waals surface area contributed by atoms with E-state index in [-0.39, 0.29) is 36.0 Å². The summed E-state index contributed by atoms with van der Waals surface area (Å²) in [6, 6.07) is 13.3. The predicted molar refractivity (Wildman–Crippen MR) is 147 cm³/mol. The second kappa shape index (κ2) is 12.1. The highest BCUT2D eigenvalue weighted by molar-refractivity contribution is 6.76. The quantitative estimate of drug-likeness (QED) is 0.287. The molecule has 2 aromatic carbocycles. The number of ether oxygens (including phenoxy) is 2. The second-order valence-corrected chi connectivity index (χ2v) is 16.3. The first kappa shape index (κ1) is 30.6. The number of hydrogen-bond donors (Lipinski definition) is 1. The highest BCUT2D eigenvalue weighted by atomic mass is 28.3. The molecule has 11 heteroatoms. The Labute approximate surface area is 232 Å². The molecule has 0 aromatic heterocycles. The molecule has 0 radical (unpaired) electrons. The van der Waals surface area contributed by atoms with E-state index in [1.165, 1.54) is 36.1 Å². The summed E-state index contributed by atoms with van der Waals surface area (Å²) in [6.07, 6.45) is -4.64. The number of hydrogen-bond acceptors (Lipinski definition) is 6. The van der Waals surface area contributed by atoms with Gasteiger partial charge in [-0.25, -0.2) is 4.79 Å². The number of anilines is 1. The van der Waals surface area contributed by atoms with Crippen molar-refractivity contribution in [1.82, 2.24) is 0 Å². The first-order valence-electron chi connectivity index (χ1n) is 12.8. The average Bonchev–Trinajstić information content (AvgIpc) is 2.87. The van der Waals surface area contributed by atoms with E-state index in [1.807, 2.05) is 6.07 Å². The number of nitrogens with zero attached hydrogens (tertiary/aromatic N) is 2. The van der Waals surface area contributed by atoms with Crippen LogP contribution in [0.15, 0.2) is 59.8 Å². The molecule has 3 rings (SSSR count). The van der Waals surface area contributed by atoms with Crippen LogP contribution >= 0.6 is 0 Å². The largest absolute Gasteiger partial charge is 0.465 e. The van der Waals surface area contributed by atoms with Crippen molar-refractivity contribution in [1.29, 1.82) is 10.7 Å². The van der Waals surface area contributed by atoms with Crippen molar-refractivity contribution < 1.29 is 32.2 Å². The van der Waals surface area contributed by atoms with Crippen LogP contribution in [0.1, 0.15) is 36.5 Å². The minimum atomic E-state index is -4.64. The lowest BCUT2D eigenvalue weighted by Gasteiger charge is -2.40. The summed E-state index contributed by atoms with van der Waals surface area (Å²) in [7, 11) is -1.57. The van der Waals surface area contributed by atoms with Crippen LogP contribution in [0, 0.1) is 22.7 Å². The Hall–Kier alpha value is -3.91. The average molecular weight is 572 g/mol. The summed E-state index contributed by atoms with van der Waals surface area (Å²) in [4.78, 5) is 28.2. The molecular weight excluding hydrogens is 539 g/mol. The fraction of sp³-hybridized carbons (Fsp3) is 0.379. The third-order valence-electron chi connectivity index (χ3n) is 6.58. The van der Waals surface area contributed by atoms with Gasteiger partial charge in [-0.15, -0.1) is 0 Å². The lowest BCUT2D eigenvalue weighted by molar-refractivity contribution is -0.146. The van der Waals surface area contributed by atoms with Crippen molar-refractivity contribution in [2.75, 3.05) is 18.1 Å². The monoisotopic (exact) mass is 571 g/mol. The fourth-order valence-corrected chi connectivity index (χ4v) is 5.26. The van der Waals surface area contributed by atoms with Crippen molar-refractivity contribution in [2.24, 2.45) is 5.92 Å². The fourth-order valence-electron chi connectivity index (χ4n) is 4.55. The van der Waals surface area contributed by atoms with Crippen LogP contribution in [0.4, 0.5) is 18.9 Å². The second-order valence-electron chi connectivity index (χ2n) is 10.7. The van der Waals surface area contributed by atoms with E-state index in [1.54, 1.807) is 19.1 Å². The number of alkyl halides is 3. The number of nitriles is 1. The van der Waals surface area contributed by atoms with Crippen LogP contribution in [-0.4, -0.2) is 39.1 Å². The number of carbonyl (C=O) groups is 2. The topological polar surface area (TPSA) is 103 Å². The van der Waals surface area contributed by atoms with Crippen molar-refractivity contribution >= 4 is 31.5 Å². The Morgan fingerprint density at radius 1 is 1.10 bits per heavy atom. The summed E-state index contributed by atoms with van der Waals surface area (Å²) in [6.45, 7) is 9.61. The van der Waals surface area contributed by atoms with Gasteiger partial charge in [0.1, 0.15) is 11.8 Å². The van der Waals surface area contributed by atoms with Crippen LogP contribution in [-0.2, 0) is 25.2 Å². The molecule has 0 bridgehead atoms. The zero-order valence-electron chi connectivity index (χ0n) is 23.1. The molecule has 1 N–H and O–H groups in total. The molecule has 0 aliphatic carbocycles. The molecule has 0 fully saturated rings. The summed E-state index contributed by atoms with van der Waals surface area (Å²) >= 11 is 0. The maximum Gasteiger partial charge on any atom is 0.416 e. The molecule has 0 saturated carbocycles. The van der Waals surface area contributed by atoms with Gasteiger partial charge in [0, 0.05) is 25.4 Å². The van der Waals surface area contributed by atoms with Crippen LogP contribution < -0.4 is 4.90 Å². The molecule has 1 aliphatic heterocycles. The number of benzene rings is 2. The van der Waals surface area contributed by atoms with Gasteiger partial charge in [-0.2, -0.15) is 18.4 Å². The zero-order valence-corrected chi connectivity index (χ0v) is 24.1. The number of allylic oxidation sites excluding steroid dienone is 1. The van der Waals surface area contributed by atoms with Gasteiger partial charge < -0.3 is 14.4 Å². The number of rotatable bonds is 8. The van der Waals surface area contributed by atoms with Crippen molar-refractivity contribution in [3.05, 3.63) is 76.5 Å². The van der Waals surface area contributed by atoms with Gasteiger partial charge >= 0.3 is 18.1 Å².